The van der Waals surface area contributed by atoms with E-state index >= 15 is 0 Å². The average Bonchev–Trinajstić information content (AvgIpc) is 2.58. The van der Waals surface area contributed by atoms with Gasteiger partial charge in [-0.15, -0.1) is 0 Å². The summed E-state index contributed by atoms with van der Waals surface area (Å²) >= 11 is 0. The first-order valence-corrected chi connectivity index (χ1v) is 5.57. The van der Waals surface area contributed by atoms with Gasteiger partial charge in [-0.05, 0) is 30.9 Å². The highest BCUT2D eigenvalue weighted by atomic mass is 15.0. The number of benzene rings is 1. The Bertz CT molecular complexity index is 455. The molecule has 2 heteroatoms. The van der Waals surface area contributed by atoms with Crippen LogP contribution in [0.1, 0.15) is 32.0 Å². The van der Waals surface area contributed by atoms with E-state index in [-0.39, 0.29) is 6.04 Å². The summed E-state index contributed by atoms with van der Waals surface area (Å²) in [6.45, 7) is 5.28. The number of nitrogens with two attached hydrogens (primary N) is 1. The van der Waals surface area contributed by atoms with E-state index in [0.29, 0.717) is 0 Å². The van der Waals surface area contributed by atoms with Crippen molar-refractivity contribution in [3.63, 3.8) is 0 Å². The molecule has 2 aromatic rings. The van der Waals surface area contributed by atoms with Crippen LogP contribution in [0.5, 0.6) is 0 Å². The topological polar surface area (TPSA) is 30.9 Å². The zero-order valence-electron chi connectivity index (χ0n) is 9.40. The minimum Gasteiger partial charge on any atom is -0.343 e. The number of aromatic nitrogens is 1. The third kappa shape index (κ3) is 1.77. The molecule has 80 valence electrons. The van der Waals surface area contributed by atoms with Crippen LogP contribution in [0.25, 0.3) is 10.9 Å². The second kappa shape index (κ2) is 4.07. The highest BCUT2D eigenvalue weighted by Crippen LogP contribution is 2.23. The van der Waals surface area contributed by atoms with Crippen LogP contribution in [0.2, 0.25) is 0 Å². The van der Waals surface area contributed by atoms with Crippen molar-refractivity contribution in [3.05, 3.63) is 36.0 Å². The Hall–Kier alpha value is -1.28. The maximum absolute atomic E-state index is 5.99. The highest BCUT2D eigenvalue weighted by Gasteiger charge is 2.10. The normalized spacial score (nSPS) is 13.3. The molecule has 2 N–H and O–H groups in total. The Kier molecular flexibility index (Phi) is 2.78. The van der Waals surface area contributed by atoms with Gasteiger partial charge in [0.2, 0.25) is 0 Å². The lowest BCUT2D eigenvalue weighted by Crippen LogP contribution is -2.12. The Balaban J connectivity index is 2.63. The highest BCUT2D eigenvalue weighted by molar-refractivity contribution is 5.81. The van der Waals surface area contributed by atoms with E-state index in [1.54, 1.807) is 0 Å². The summed E-state index contributed by atoms with van der Waals surface area (Å²) in [6.07, 6.45) is 1.14. The van der Waals surface area contributed by atoms with Crippen molar-refractivity contribution in [3.8, 4) is 0 Å². The van der Waals surface area contributed by atoms with E-state index < -0.39 is 0 Å². The third-order valence-electron chi connectivity index (χ3n) is 2.76. The number of hydrogen-bond donors (Lipinski definition) is 1. The first kappa shape index (κ1) is 10.2. The van der Waals surface area contributed by atoms with Gasteiger partial charge in [0.15, 0.2) is 0 Å². The van der Waals surface area contributed by atoms with Gasteiger partial charge in [-0.2, -0.15) is 0 Å². The molecule has 1 aromatic heterocycles. The maximum Gasteiger partial charge on any atom is 0.0483 e. The van der Waals surface area contributed by atoms with Crippen molar-refractivity contribution in [1.82, 2.24) is 4.57 Å². The van der Waals surface area contributed by atoms with Crippen LogP contribution in [-0.2, 0) is 6.54 Å². The van der Waals surface area contributed by atoms with E-state index in [1.807, 2.05) is 6.92 Å². The average molecular weight is 202 g/mol. The summed E-state index contributed by atoms with van der Waals surface area (Å²) in [6, 6.07) is 10.8. The van der Waals surface area contributed by atoms with Gasteiger partial charge in [0.05, 0.1) is 0 Å². The molecule has 0 radical (unpaired) electrons. The van der Waals surface area contributed by atoms with Crippen LogP contribution in [-0.4, -0.2) is 4.57 Å². The van der Waals surface area contributed by atoms with Crippen LogP contribution in [0.3, 0.4) is 0 Å². The lowest BCUT2D eigenvalue weighted by molar-refractivity contribution is 0.631. The first-order valence-electron chi connectivity index (χ1n) is 5.57. The fourth-order valence-electron chi connectivity index (χ4n) is 2.08. The molecule has 0 aliphatic carbocycles. The van der Waals surface area contributed by atoms with Gasteiger partial charge >= 0.3 is 0 Å². The molecule has 2 rings (SSSR count). The van der Waals surface area contributed by atoms with E-state index in [9.17, 15) is 0 Å². The molecule has 0 amide bonds. The molecule has 0 aliphatic heterocycles. The van der Waals surface area contributed by atoms with Crippen LogP contribution < -0.4 is 5.73 Å². The zero-order chi connectivity index (χ0) is 10.8. The predicted octanol–water partition coefficient (Wildman–Crippen LogP) is 3.07. The molecule has 1 aromatic carbocycles. The van der Waals surface area contributed by atoms with E-state index in [2.05, 4.69) is 41.8 Å². The van der Waals surface area contributed by atoms with Crippen LogP contribution >= 0.6 is 0 Å². The number of aryl methyl sites for hydroxylation is 1. The standard InChI is InChI=1S/C13H18N2/c1-3-8-15-12-7-5-4-6-11(12)9-13(15)10(2)14/h4-7,9-10H,3,8,14H2,1-2H3. The monoisotopic (exact) mass is 202 g/mol. The lowest BCUT2D eigenvalue weighted by atomic mass is 10.2. The van der Waals surface area contributed by atoms with Crippen molar-refractivity contribution in [2.45, 2.75) is 32.9 Å². The summed E-state index contributed by atoms with van der Waals surface area (Å²) in [4.78, 5) is 0. The van der Waals surface area contributed by atoms with E-state index in [1.165, 1.54) is 16.6 Å². The van der Waals surface area contributed by atoms with Crippen molar-refractivity contribution in [2.75, 3.05) is 0 Å². The molecule has 1 atom stereocenters. The Morgan fingerprint density at radius 1 is 1.33 bits per heavy atom. The minimum atomic E-state index is 0.101. The fraction of sp³-hybridized carbons (Fsp3) is 0.385. The molecule has 0 spiro atoms. The lowest BCUT2D eigenvalue weighted by Gasteiger charge is -2.11. The molecule has 0 saturated carbocycles. The van der Waals surface area contributed by atoms with Gasteiger partial charge < -0.3 is 10.3 Å². The molecule has 0 aliphatic rings. The third-order valence-corrected chi connectivity index (χ3v) is 2.76. The fourth-order valence-corrected chi connectivity index (χ4v) is 2.08. The van der Waals surface area contributed by atoms with Crippen LogP contribution in [0.4, 0.5) is 0 Å². The van der Waals surface area contributed by atoms with Crippen molar-refractivity contribution in [2.24, 2.45) is 5.73 Å². The molecule has 0 bridgehead atoms. The number of nitrogens with zero attached hydrogens (tertiary/aromatic N) is 1. The van der Waals surface area contributed by atoms with Crippen molar-refractivity contribution >= 4 is 10.9 Å². The number of fused-ring (bicyclic) bond motifs is 1. The van der Waals surface area contributed by atoms with E-state index in [4.69, 9.17) is 5.73 Å². The quantitative estimate of drug-likeness (QED) is 0.814. The molecule has 15 heavy (non-hydrogen) atoms. The predicted molar refractivity (Wildman–Crippen MR) is 64.8 cm³/mol. The van der Waals surface area contributed by atoms with Gasteiger partial charge in [0, 0.05) is 23.8 Å². The molecule has 2 nitrogen and oxygen atoms in total. The second-order valence-electron chi connectivity index (χ2n) is 4.07. The number of rotatable bonds is 3. The largest absolute Gasteiger partial charge is 0.343 e. The van der Waals surface area contributed by atoms with Crippen LogP contribution in [0, 0.1) is 0 Å². The Morgan fingerprint density at radius 2 is 2.07 bits per heavy atom. The van der Waals surface area contributed by atoms with Crippen LogP contribution in [0.15, 0.2) is 30.3 Å². The number of para-hydroxylation sites is 1. The molecular weight excluding hydrogens is 184 g/mol. The summed E-state index contributed by atoms with van der Waals surface area (Å²) in [5.41, 5.74) is 8.52. The Morgan fingerprint density at radius 3 is 2.73 bits per heavy atom. The smallest absolute Gasteiger partial charge is 0.0483 e. The molecule has 1 unspecified atom stereocenters. The number of hydrogen-bond acceptors (Lipinski definition) is 1. The van der Waals surface area contributed by atoms with Gasteiger partial charge in [-0.25, -0.2) is 0 Å². The molecule has 0 saturated heterocycles. The second-order valence-corrected chi connectivity index (χ2v) is 4.07. The molecule has 1 heterocycles. The summed E-state index contributed by atoms with van der Waals surface area (Å²) in [7, 11) is 0. The van der Waals surface area contributed by atoms with Gasteiger partial charge in [-0.3, -0.25) is 0 Å². The van der Waals surface area contributed by atoms with Crippen molar-refractivity contribution < 1.29 is 0 Å². The SMILES string of the molecule is CCCn1c(C(C)N)cc2ccccc21. The Labute approximate surface area is 90.7 Å². The molecule has 0 fully saturated rings. The van der Waals surface area contributed by atoms with Crippen molar-refractivity contribution in [1.29, 1.82) is 0 Å². The summed E-state index contributed by atoms with van der Waals surface area (Å²) < 4.78 is 2.33. The molecular formula is C13H18N2. The van der Waals surface area contributed by atoms with Gasteiger partial charge in [0.1, 0.15) is 0 Å². The van der Waals surface area contributed by atoms with Gasteiger partial charge in [0.25, 0.3) is 0 Å². The van der Waals surface area contributed by atoms with E-state index in [0.717, 1.165) is 13.0 Å². The maximum atomic E-state index is 5.99. The minimum absolute atomic E-state index is 0.101. The zero-order valence-corrected chi connectivity index (χ0v) is 9.40. The summed E-state index contributed by atoms with van der Waals surface area (Å²) in [5, 5.41) is 1.29. The first-order chi connectivity index (χ1) is 7.24. The van der Waals surface area contributed by atoms with Gasteiger partial charge in [-0.1, -0.05) is 25.1 Å². The summed E-state index contributed by atoms with van der Waals surface area (Å²) in [5.74, 6) is 0.